The van der Waals surface area contributed by atoms with Crippen molar-refractivity contribution in [3.63, 3.8) is 0 Å². The number of hydrogen-bond acceptors (Lipinski definition) is 8. The number of anilines is 1. The van der Waals surface area contributed by atoms with E-state index >= 15 is 0 Å². The van der Waals surface area contributed by atoms with Crippen molar-refractivity contribution in [3.8, 4) is 0 Å². The van der Waals surface area contributed by atoms with Gasteiger partial charge in [-0.15, -0.1) is 0 Å². The molecule has 0 aromatic carbocycles. The molecular formula is C18H21ClFN5OS2. The lowest BCUT2D eigenvalue weighted by molar-refractivity contribution is 0.259. The highest BCUT2D eigenvalue weighted by atomic mass is 35.5. The molecule has 6 nitrogen and oxygen atoms in total. The van der Waals surface area contributed by atoms with Crippen LogP contribution in [0.3, 0.4) is 0 Å². The van der Waals surface area contributed by atoms with Crippen LogP contribution in [0.5, 0.6) is 0 Å². The Hall–Kier alpha value is -1.55. The van der Waals surface area contributed by atoms with Crippen LogP contribution in [0.2, 0.25) is 4.47 Å². The third-order valence-corrected chi connectivity index (χ3v) is 6.20. The van der Waals surface area contributed by atoms with E-state index < -0.39 is 0 Å². The molecule has 3 rings (SSSR count). The van der Waals surface area contributed by atoms with E-state index in [-0.39, 0.29) is 23.7 Å². The summed E-state index contributed by atoms with van der Waals surface area (Å²) in [6.45, 7) is 6.05. The van der Waals surface area contributed by atoms with Gasteiger partial charge in [0, 0.05) is 17.0 Å². The highest BCUT2D eigenvalue weighted by Crippen LogP contribution is 2.37. The first kappa shape index (κ1) is 21.2. The van der Waals surface area contributed by atoms with Crippen molar-refractivity contribution in [1.82, 2.24) is 19.9 Å². The predicted octanol–water partition coefficient (Wildman–Crippen LogP) is 4.95. The van der Waals surface area contributed by atoms with E-state index in [1.165, 1.54) is 29.3 Å². The lowest BCUT2D eigenvalue weighted by Gasteiger charge is -2.19. The van der Waals surface area contributed by atoms with E-state index in [1.54, 1.807) is 12.3 Å². The number of aliphatic hydroxyl groups excluding tert-OH is 1. The molecule has 0 saturated heterocycles. The Morgan fingerprint density at radius 1 is 1.29 bits per heavy atom. The minimum Gasteiger partial charge on any atom is -0.394 e. The van der Waals surface area contributed by atoms with Crippen molar-refractivity contribution < 1.29 is 9.50 Å². The summed E-state index contributed by atoms with van der Waals surface area (Å²) < 4.78 is 15.1. The van der Waals surface area contributed by atoms with Gasteiger partial charge in [0.15, 0.2) is 21.1 Å². The quantitative estimate of drug-likeness (QED) is 0.378. The van der Waals surface area contributed by atoms with Crippen molar-refractivity contribution in [3.05, 3.63) is 34.3 Å². The summed E-state index contributed by atoms with van der Waals surface area (Å²) in [7, 11) is 0. The Kier molecular flexibility index (Phi) is 7.03. The first-order chi connectivity index (χ1) is 13.4. The zero-order valence-corrected chi connectivity index (χ0v) is 18.1. The molecule has 0 radical (unpaired) electrons. The number of aliphatic hydroxyl groups is 1. The van der Waals surface area contributed by atoms with Gasteiger partial charge in [-0.2, -0.15) is 0 Å². The van der Waals surface area contributed by atoms with Crippen LogP contribution in [-0.4, -0.2) is 37.7 Å². The van der Waals surface area contributed by atoms with Crippen molar-refractivity contribution in [2.45, 2.75) is 43.6 Å². The average Bonchev–Trinajstić information content (AvgIpc) is 3.01. The van der Waals surface area contributed by atoms with Crippen molar-refractivity contribution >= 4 is 50.9 Å². The van der Waals surface area contributed by atoms with Gasteiger partial charge in [0.2, 0.25) is 0 Å². The van der Waals surface area contributed by atoms with E-state index in [0.717, 1.165) is 11.1 Å². The Morgan fingerprint density at radius 2 is 2.07 bits per heavy atom. The lowest BCUT2D eigenvalue weighted by atomic mass is 10.0. The number of thioether (sulfide) groups is 1. The van der Waals surface area contributed by atoms with Crippen molar-refractivity contribution in [1.29, 1.82) is 0 Å². The minimum absolute atomic E-state index is 0.0165. The van der Waals surface area contributed by atoms with Gasteiger partial charge in [0.05, 0.1) is 18.8 Å². The number of nitrogens with zero attached hydrogens (tertiary/aromatic N) is 4. The van der Waals surface area contributed by atoms with Gasteiger partial charge < -0.3 is 10.4 Å². The lowest BCUT2D eigenvalue weighted by Crippen LogP contribution is -2.26. The highest BCUT2D eigenvalue weighted by Gasteiger charge is 2.20. The molecule has 3 aromatic heterocycles. The summed E-state index contributed by atoms with van der Waals surface area (Å²) in [4.78, 5) is 17.1. The number of hydrogen-bond donors (Lipinski definition) is 2. The Bertz CT molecular complexity index is 955. The topological polar surface area (TPSA) is 83.8 Å². The van der Waals surface area contributed by atoms with Gasteiger partial charge in [-0.05, 0) is 25.3 Å². The van der Waals surface area contributed by atoms with Crippen molar-refractivity contribution in [2.75, 3.05) is 11.9 Å². The normalized spacial score (nSPS) is 13.8. The molecule has 0 bridgehead atoms. The summed E-state index contributed by atoms with van der Waals surface area (Å²) in [5.41, 5.74) is 1.01. The number of thiazole rings is 1. The Balaban J connectivity index is 1.92. The number of rotatable bonds is 8. The molecule has 0 spiro atoms. The van der Waals surface area contributed by atoms with E-state index in [4.69, 9.17) is 11.6 Å². The molecular weight excluding hydrogens is 421 g/mol. The molecule has 0 saturated carbocycles. The first-order valence-corrected chi connectivity index (χ1v) is 10.9. The summed E-state index contributed by atoms with van der Waals surface area (Å²) >= 11 is 8.69. The van der Waals surface area contributed by atoms with Crippen LogP contribution in [0, 0.1) is 11.7 Å². The summed E-state index contributed by atoms with van der Waals surface area (Å²) in [5, 5.41) is 13.2. The number of nitrogens with one attached hydrogen (secondary N) is 1. The predicted molar refractivity (Wildman–Crippen MR) is 113 cm³/mol. The van der Waals surface area contributed by atoms with Crippen LogP contribution in [0.25, 0.3) is 10.3 Å². The van der Waals surface area contributed by atoms with Crippen LogP contribution in [0.4, 0.5) is 10.2 Å². The van der Waals surface area contributed by atoms with E-state index in [2.05, 4.69) is 39.1 Å². The van der Waals surface area contributed by atoms with Crippen LogP contribution in [0.1, 0.15) is 38.0 Å². The monoisotopic (exact) mass is 441 g/mol. The Morgan fingerprint density at radius 3 is 2.75 bits per heavy atom. The van der Waals surface area contributed by atoms with Crippen LogP contribution < -0.4 is 5.32 Å². The van der Waals surface area contributed by atoms with E-state index in [9.17, 15) is 9.50 Å². The maximum absolute atomic E-state index is 14.0. The number of fused-ring (bicyclic) bond motifs is 1. The fourth-order valence-corrected chi connectivity index (χ4v) is 4.72. The Labute approximate surface area is 176 Å². The molecule has 3 heterocycles. The number of halogens is 2. The van der Waals surface area contributed by atoms with Crippen LogP contribution in [0.15, 0.2) is 23.6 Å². The van der Waals surface area contributed by atoms with Crippen LogP contribution in [-0.2, 0) is 0 Å². The first-order valence-electron chi connectivity index (χ1n) is 8.85. The maximum Gasteiger partial charge on any atom is 0.192 e. The smallest absolute Gasteiger partial charge is 0.192 e. The number of pyridine rings is 1. The molecule has 2 atom stereocenters. The van der Waals surface area contributed by atoms with E-state index in [0.29, 0.717) is 32.6 Å². The maximum atomic E-state index is 14.0. The molecule has 28 heavy (non-hydrogen) atoms. The standard InChI is InChI=1S/C18H21ClFN5OS2/c1-9(2)6-11(8-26)22-15-14-16(23-17(19)28-14)25-18(24-15)27-10(3)12-4-5-21-7-13(12)20/h4-5,7,9-11,26H,6,8H2,1-3H3,(H,22,24,25)/t10?,11-/m1/s1. The fraction of sp³-hybridized carbons (Fsp3) is 0.444. The highest BCUT2D eigenvalue weighted by molar-refractivity contribution is 7.99. The molecule has 10 heteroatoms. The fourth-order valence-electron chi connectivity index (χ4n) is 2.81. The summed E-state index contributed by atoms with van der Waals surface area (Å²) in [6.07, 6.45) is 3.54. The van der Waals surface area contributed by atoms with Gasteiger partial charge in [0.1, 0.15) is 10.5 Å². The van der Waals surface area contributed by atoms with Gasteiger partial charge >= 0.3 is 0 Å². The molecule has 0 aliphatic carbocycles. The van der Waals surface area contributed by atoms with Gasteiger partial charge in [0.25, 0.3) is 0 Å². The molecule has 0 aliphatic heterocycles. The van der Waals surface area contributed by atoms with E-state index in [1.807, 2.05) is 6.92 Å². The second-order valence-corrected chi connectivity index (χ2v) is 9.67. The summed E-state index contributed by atoms with van der Waals surface area (Å²) in [5.74, 6) is 0.630. The van der Waals surface area contributed by atoms with Gasteiger partial charge in [-0.1, -0.05) is 48.5 Å². The molecule has 150 valence electrons. The average molecular weight is 442 g/mol. The molecule has 1 unspecified atom stereocenters. The molecule has 0 fully saturated rings. The molecule has 2 N–H and O–H groups in total. The second kappa shape index (κ2) is 9.30. The largest absolute Gasteiger partial charge is 0.394 e. The summed E-state index contributed by atoms with van der Waals surface area (Å²) in [6, 6.07) is 1.50. The zero-order chi connectivity index (χ0) is 20.3. The minimum atomic E-state index is -0.365. The third kappa shape index (κ3) is 5.08. The zero-order valence-electron chi connectivity index (χ0n) is 15.7. The van der Waals surface area contributed by atoms with Gasteiger partial charge in [-0.3, -0.25) is 4.98 Å². The van der Waals surface area contributed by atoms with Crippen molar-refractivity contribution in [2.24, 2.45) is 5.92 Å². The molecule has 0 amide bonds. The third-order valence-electron chi connectivity index (χ3n) is 4.05. The van der Waals surface area contributed by atoms with Gasteiger partial charge in [-0.25, -0.2) is 19.3 Å². The SMILES string of the molecule is CC(C)C[C@H](CO)Nc1nc(SC(C)c2ccncc2F)nc2nc(Cl)sc12. The van der Waals surface area contributed by atoms with Crippen LogP contribution >= 0.6 is 34.7 Å². The second-order valence-electron chi connectivity index (χ2n) is 6.78. The molecule has 3 aromatic rings. The molecule has 0 aliphatic rings. The number of aromatic nitrogens is 4.